The van der Waals surface area contributed by atoms with Crippen LogP contribution in [0.2, 0.25) is 0 Å². The Balaban J connectivity index is 2.10. The molecule has 0 aliphatic heterocycles. The number of aromatic nitrogens is 5. The van der Waals surface area contributed by atoms with Crippen molar-refractivity contribution in [2.75, 3.05) is 6.54 Å². The second-order valence-electron chi connectivity index (χ2n) is 3.37. The topological polar surface area (TPSA) is 85.6 Å². The Kier molecular flexibility index (Phi) is 3.39. The molecule has 0 radical (unpaired) electrons. The third-order valence-corrected chi connectivity index (χ3v) is 2.07. The van der Waals surface area contributed by atoms with Crippen molar-refractivity contribution in [3.05, 3.63) is 30.5 Å². The summed E-state index contributed by atoms with van der Waals surface area (Å²) in [6, 6.07) is 3.28. The van der Waals surface area contributed by atoms with Crippen LogP contribution < -0.4 is 5.32 Å². The van der Waals surface area contributed by atoms with Gasteiger partial charge in [-0.2, -0.15) is 5.10 Å². The quantitative estimate of drug-likeness (QED) is 0.813. The molecule has 2 aromatic heterocycles. The van der Waals surface area contributed by atoms with E-state index in [-0.39, 0.29) is 5.91 Å². The zero-order valence-electron chi connectivity index (χ0n) is 9.37. The van der Waals surface area contributed by atoms with Gasteiger partial charge in [0.15, 0.2) is 11.5 Å². The third-order valence-electron chi connectivity index (χ3n) is 2.07. The Labute approximate surface area is 97.9 Å². The number of rotatable bonds is 4. The van der Waals surface area contributed by atoms with Crippen LogP contribution in [0.1, 0.15) is 23.8 Å². The molecule has 0 bridgehead atoms. The van der Waals surface area contributed by atoms with Crippen LogP contribution in [0.15, 0.2) is 24.8 Å². The van der Waals surface area contributed by atoms with E-state index >= 15 is 0 Å². The molecular formula is C10H12N6O. The third kappa shape index (κ3) is 2.63. The number of nitrogens with one attached hydrogen (secondary N) is 1. The van der Waals surface area contributed by atoms with Crippen LogP contribution in [0.25, 0.3) is 5.82 Å². The maximum absolute atomic E-state index is 11.6. The van der Waals surface area contributed by atoms with Crippen LogP contribution in [0.3, 0.4) is 0 Å². The molecular weight excluding hydrogens is 220 g/mol. The first kappa shape index (κ1) is 11.2. The number of hydrogen-bond donors (Lipinski definition) is 1. The fourth-order valence-corrected chi connectivity index (χ4v) is 1.22. The highest BCUT2D eigenvalue weighted by molar-refractivity contribution is 5.92. The highest BCUT2D eigenvalue weighted by Gasteiger charge is 2.07. The van der Waals surface area contributed by atoms with E-state index in [9.17, 15) is 4.79 Å². The summed E-state index contributed by atoms with van der Waals surface area (Å²) in [6.45, 7) is 2.62. The van der Waals surface area contributed by atoms with E-state index < -0.39 is 0 Å². The second-order valence-corrected chi connectivity index (χ2v) is 3.37. The van der Waals surface area contributed by atoms with E-state index in [0.29, 0.717) is 18.1 Å². The largest absolute Gasteiger partial charge is 0.351 e. The van der Waals surface area contributed by atoms with Crippen molar-refractivity contribution >= 4 is 5.91 Å². The Morgan fingerprint density at radius 2 is 2.29 bits per heavy atom. The van der Waals surface area contributed by atoms with Crippen LogP contribution in [0.5, 0.6) is 0 Å². The minimum atomic E-state index is -0.218. The summed E-state index contributed by atoms with van der Waals surface area (Å²) in [5.74, 6) is 0.305. The van der Waals surface area contributed by atoms with Crippen LogP contribution in [0.4, 0.5) is 0 Å². The van der Waals surface area contributed by atoms with Gasteiger partial charge < -0.3 is 5.32 Å². The summed E-state index contributed by atoms with van der Waals surface area (Å²) < 4.78 is 1.47. The number of carbonyl (C=O) groups excluding carboxylic acids is 1. The highest BCUT2D eigenvalue weighted by Crippen LogP contribution is 2.00. The molecule has 88 valence electrons. The Bertz CT molecular complexity index is 478. The zero-order valence-corrected chi connectivity index (χ0v) is 9.37. The van der Waals surface area contributed by atoms with Gasteiger partial charge in [0, 0.05) is 6.54 Å². The van der Waals surface area contributed by atoms with Crippen LogP contribution in [0, 0.1) is 0 Å². The first-order valence-electron chi connectivity index (χ1n) is 5.28. The Morgan fingerprint density at radius 1 is 1.41 bits per heavy atom. The van der Waals surface area contributed by atoms with Gasteiger partial charge in [0.05, 0.1) is 0 Å². The Hall–Kier alpha value is -2.31. The molecule has 0 aromatic carbocycles. The lowest BCUT2D eigenvalue weighted by Gasteiger charge is -2.02. The number of hydrogen-bond acceptors (Lipinski definition) is 5. The molecule has 0 aliphatic rings. The van der Waals surface area contributed by atoms with Gasteiger partial charge >= 0.3 is 0 Å². The zero-order chi connectivity index (χ0) is 12.1. The van der Waals surface area contributed by atoms with Crippen molar-refractivity contribution < 1.29 is 4.79 Å². The Morgan fingerprint density at radius 3 is 2.88 bits per heavy atom. The summed E-state index contributed by atoms with van der Waals surface area (Å²) in [7, 11) is 0. The predicted molar refractivity (Wildman–Crippen MR) is 59.6 cm³/mol. The number of nitrogens with zero attached hydrogens (tertiary/aromatic N) is 5. The van der Waals surface area contributed by atoms with Gasteiger partial charge in [-0.3, -0.25) is 4.79 Å². The molecule has 1 amide bonds. The van der Waals surface area contributed by atoms with E-state index in [1.807, 2.05) is 6.92 Å². The predicted octanol–water partition coefficient (Wildman–Crippen LogP) is 0.197. The first-order chi connectivity index (χ1) is 8.31. The lowest BCUT2D eigenvalue weighted by Crippen LogP contribution is -2.25. The molecule has 0 fully saturated rings. The fraction of sp³-hybridized carbons (Fsp3) is 0.300. The average molecular weight is 232 g/mol. The van der Waals surface area contributed by atoms with Crippen molar-refractivity contribution in [2.24, 2.45) is 0 Å². The van der Waals surface area contributed by atoms with E-state index in [1.165, 1.54) is 17.3 Å². The minimum absolute atomic E-state index is 0.218. The van der Waals surface area contributed by atoms with Crippen molar-refractivity contribution in [3.8, 4) is 5.82 Å². The minimum Gasteiger partial charge on any atom is -0.351 e. The molecule has 0 unspecified atom stereocenters. The van der Waals surface area contributed by atoms with E-state index in [1.54, 1.807) is 12.1 Å². The lowest BCUT2D eigenvalue weighted by atomic mass is 10.3. The first-order valence-corrected chi connectivity index (χ1v) is 5.28. The summed E-state index contributed by atoms with van der Waals surface area (Å²) in [5, 5.41) is 14.4. The second kappa shape index (κ2) is 5.15. The van der Waals surface area contributed by atoms with E-state index in [2.05, 4.69) is 25.6 Å². The molecule has 17 heavy (non-hydrogen) atoms. The maximum atomic E-state index is 11.6. The molecule has 0 saturated carbocycles. The molecule has 2 rings (SSSR count). The van der Waals surface area contributed by atoms with Gasteiger partial charge in [0.2, 0.25) is 0 Å². The maximum Gasteiger partial charge on any atom is 0.271 e. The average Bonchev–Trinajstić information content (AvgIpc) is 2.90. The van der Waals surface area contributed by atoms with Gasteiger partial charge in [-0.15, -0.1) is 10.2 Å². The van der Waals surface area contributed by atoms with E-state index in [4.69, 9.17) is 0 Å². The summed E-state index contributed by atoms with van der Waals surface area (Å²) in [4.78, 5) is 15.4. The van der Waals surface area contributed by atoms with Crippen LogP contribution in [-0.2, 0) is 0 Å². The fourth-order valence-electron chi connectivity index (χ4n) is 1.22. The van der Waals surface area contributed by atoms with E-state index in [0.717, 1.165) is 6.42 Å². The molecule has 2 heterocycles. The van der Waals surface area contributed by atoms with Crippen molar-refractivity contribution in [2.45, 2.75) is 13.3 Å². The van der Waals surface area contributed by atoms with Crippen LogP contribution >= 0.6 is 0 Å². The van der Waals surface area contributed by atoms with Gasteiger partial charge in [0.25, 0.3) is 5.91 Å². The molecule has 0 atom stereocenters. The van der Waals surface area contributed by atoms with Crippen LogP contribution in [-0.4, -0.2) is 37.4 Å². The standard InChI is InChI=1S/C10H12N6O/c1-2-5-12-10(17)8-3-4-9(15-14-8)16-7-11-6-13-16/h3-4,6-7H,2,5H2,1H3,(H,12,17). The van der Waals surface area contributed by atoms with Crippen molar-refractivity contribution in [3.63, 3.8) is 0 Å². The molecule has 2 aromatic rings. The smallest absolute Gasteiger partial charge is 0.271 e. The summed E-state index contributed by atoms with van der Waals surface area (Å²) in [6.07, 6.45) is 3.81. The molecule has 1 N–H and O–H groups in total. The molecule has 7 heteroatoms. The monoisotopic (exact) mass is 232 g/mol. The highest BCUT2D eigenvalue weighted by atomic mass is 16.1. The lowest BCUT2D eigenvalue weighted by molar-refractivity contribution is 0.0947. The molecule has 0 saturated heterocycles. The van der Waals surface area contributed by atoms with Gasteiger partial charge in [-0.05, 0) is 18.6 Å². The van der Waals surface area contributed by atoms with Gasteiger partial charge in [-0.1, -0.05) is 6.92 Å². The molecule has 0 spiro atoms. The number of carbonyl (C=O) groups is 1. The normalized spacial score (nSPS) is 10.2. The summed E-state index contributed by atoms with van der Waals surface area (Å²) >= 11 is 0. The van der Waals surface area contributed by atoms with Crippen molar-refractivity contribution in [1.82, 2.24) is 30.3 Å². The van der Waals surface area contributed by atoms with Crippen molar-refractivity contribution in [1.29, 1.82) is 0 Å². The summed E-state index contributed by atoms with van der Waals surface area (Å²) in [5.41, 5.74) is 0.294. The SMILES string of the molecule is CCCNC(=O)c1ccc(-n2cncn2)nn1. The molecule has 7 nitrogen and oxygen atoms in total. The van der Waals surface area contributed by atoms with Gasteiger partial charge in [-0.25, -0.2) is 9.67 Å². The molecule has 0 aliphatic carbocycles. The number of amides is 1. The van der Waals surface area contributed by atoms with Gasteiger partial charge in [0.1, 0.15) is 12.7 Å².